The fraction of sp³-hybridized carbons (Fsp3) is 0.375. The van der Waals surface area contributed by atoms with Crippen LogP contribution in [0.25, 0.3) is 0 Å². The minimum absolute atomic E-state index is 0.0827. The number of hydrogen-bond donors (Lipinski definition) is 1. The lowest BCUT2D eigenvalue weighted by Gasteiger charge is -2.43. The average Bonchev–Trinajstić information content (AvgIpc) is 2.74. The number of nitrogens with zero attached hydrogens (tertiary/aromatic N) is 1. The van der Waals surface area contributed by atoms with Crippen LogP contribution in [-0.2, 0) is 16.9 Å². The molecule has 0 unspecified atom stereocenters. The molecule has 160 valence electrons. The van der Waals surface area contributed by atoms with Gasteiger partial charge in [0.2, 0.25) is 5.91 Å². The minimum Gasteiger partial charge on any atom is -0.493 e. The van der Waals surface area contributed by atoms with Gasteiger partial charge in [0.1, 0.15) is 12.4 Å². The van der Waals surface area contributed by atoms with Gasteiger partial charge in [0.25, 0.3) is 0 Å². The summed E-state index contributed by atoms with van der Waals surface area (Å²) in [5.41, 5.74) is 1.51. The molecular formula is C24H29FN2O3. The van der Waals surface area contributed by atoms with E-state index in [1.165, 1.54) is 19.1 Å². The van der Waals surface area contributed by atoms with Gasteiger partial charge in [-0.25, -0.2) is 4.39 Å². The van der Waals surface area contributed by atoms with Crippen LogP contribution in [0.1, 0.15) is 30.9 Å². The van der Waals surface area contributed by atoms with Crippen molar-refractivity contribution in [3.63, 3.8) is 0 Å². The van der Waals surface area contributed by atoms with Crippen molar-refractivity contribution in [3.05, 3.63) is 72.1 Å². The fourth-order valence-corrected chi connectivity index (χ4v) is 4.08. The normalized spacial score (nSPS) is 16.0. The third-order valence-corrected chi connectivity index (χ3v) is 5.54. The molecule has 1 aliphatic rings. The minimum atomic E-state index is -0.480. The number of rotatable bonds is 8. The number of likely N-dealkylation sites (tertiary alicyclic amines) is 1. The predicted molar refractivity (Wildman–Crippen MR) is 115 cm³/mol. The summed E-state index contributed by atoms with van der Waals surface area (Å²) in [4.78, 5) is 14.2. The Bertz CT molecular complexity index is 875. The molecule has 0 radical (unpaired) electrons. The number of carbonyl (C=O) groups is 1. The van der Waals surface area contributed by atoms with E-state index < -0.39 is 5.54 Å². The van der Waals surface area contributed by atoms with Crippen molar-refractivity contribution >= 4 is 5.91 Å². The fourth-order valence-electron chi connectivity index (χ4n) is 4.08. The second-order valence-corrected chi connectivity index (χ2v) is 7.59. The first-order chi connectivity index (χ1) is 14.5. The zero-order valence-corrected chi connectivity index (χ0v) is 17.6. The van der Waals surface area contributed by atoms with Gasteiger partial charge < -0.3 is 14.8 Å². The highest BCUT2D eigenvalue weighted by Gasteiger charge is 2.37. The predicted octanol–water partition coefficient (Wildman–Crippen LogP) is 4.03. The maximum Gasteiger partial charge on any atom is 0.217 e. The van der Waals surface area contributed by atoms with Gasteiger partial charge in [0.05, 0.1) is 12.6 Å². The Morgan fingerprint density at radius 2 is 1.93 bits per heavy atom. The van der Waals surface area contributed by atoms with Crippen LogP contribution in [0.2, 0.25) is 0 Å². The van der Waals surface area contributed by atoms with Crippen molar-refractivity contribution < 1.29 is 18.7 Å². The second-order valence-electron chi connectivity index (χ2n) is 7.59. The van der Waals surface area contributed by atoms with Crippen LogP contribution in [0.4, 0.5) is 4.39 Å². The molecule has 1 amide bonds. The zero-order chi connectivity index (χ0) is 21.6. The first-order valence-corrected chi connectivity index (χ1v) is 10.1. The number of methoxy groups -OCH3 is 1. The quantitative estimate of drug-likeness (QED) is 0.666. The summed E-state index contributed by atoms with van der Waals surface area (Å²) < 4.78 is 24.7. The molecule has 2 aromatic carbocycles. The molecule has 3 rings (SSSR count). The van der Waals surface area contributed by atoms with Gasteiger partial charge in [-0.3, -0.25) is 9.69 Å². The maximum atomic E-state index is 13.4. The number of para-hydroxylation sites is 1. The molecule has 0 aliphatic carbocycles. The number of nitrogens with one attached hydrogen (secondary N) is 1. The van der Waals surface area contributed by atoms with Crippen molar-refractivity contribution in [2.45, 2.75) is 31.8 Å². The maximum absolute atomic E-state index is 13.4. The van der Waals surface area contributed by atoms with E-state index in [1.807, 2.05) is 18.2 Å². The van der Waals surface area contributed by atoms with E-state index in [9.17, 15) is 9.18 Å². The molecule has 1 aliphatic heterocycles. The van der Waals surface area contributed by atoms with Gasteiger partial charge in [0.15, 0.2) is 11.5 Å². The molecule has 2 aromatic rings. The van der Waals surface area contributed by atoms with Gasteiger partial charge in [-0.2, -0.15) is 0 Å². The van der Waals surface area contributed by atoms with Crippen LogP contribution >= 0.6 is 0 Å². The lowest BCUT2D eigenvalue weighted by atomic mass is 9.80. The van der Waals surface area contributed by atoms with E-state index >= 15 is 0 Å². The van der Waals surface area contributed by atoms with Crippen LogP contribution < -0.4 is 14.8 Å². The van der Waals surface area contributed by atoms with E-state index in [-0.39, 0.29) is 11.7 Å². The number of halogens is 1. The molecule has 0 spiro atoms. The van der Waals surface area contributed by atoms with Crippen molar-refractivity contribution in [1.82, 2.24) is 10.2 Å². The summed E-state index contributed by atoms with van der Waals surface area (Å²) in [5.74, 6) is 1.07. The van der Waals surface area contributed by atoms with Crippen LogP contribution in [-0.4, -0.2) is 37.6 Å². The molecule has 0 saturated carbocycles. The monoisotopic (exact) mass is 412 g/mol. The molecule has 1 fully saturated rings. The SMILES string of the molecule is C=CCOc1c(CN2CCC(NC(C)=O)(c3ccc(F)cc3)CC2)cccc1OC. The summed E-state index contributed by atoms with van der Waals surface area (Å²) in [6.45, 7) is 7.93. The Hall–Kier alpha value is -2.86. The van der Waals surface area contributed by atoms with Crippen molar-refractivity contribution in [2.24, 2.45) is 0 Å². The molecule has 0 aromatic heterocycles. The summed E-state index contributed by atoms with van der Waals surface area (Å²) in [5, 5.41) is 3.13. The van der Waals surface area contributed by atoms with Crippen LogP contribution in [0.15, 0.2) is 55.1 Å². The number of carbonyl (C=O) groups excluding carboxylic acids is 1. The van der Waals surface area contributed by atoms with Crippen LogP contribution in [0, 0.1) is 5.82 Å². The second kappa shape index (κ2) is 9.76. The van der Waals surface area contributed by atoms with Crippen molar-refractivity contribution in [1.29, 1.82) is 0 Å². The summed E-state index contributed by atoms with van der Waals surface area (Å²) in [6, 6.07) is 12.3. The van der Waals surface area contributed by atoms with E-state index in [4.69, 9.17) is 9.47 Å². The van der Waals surface area contributed by atoms with Gasteiger partial charge in [0, 0.05) is 32.1 Å². The largest absolute Gasteiger partial charge is 0.493 e. The Labute approximate surface area is 177 Å². The number of amides is 1. The highest BCUT2D eigenvalue weighted by atomic mass is 19.1. The zero-order valence-electron chi connectivity index (χ0n) is 17.6. The van der Waals surface area contributed by atoms with Gasteiger partial charge in [-0.05, 0) is 36.6 Å². The first-order valence-electron chi connectivity index (χ1n) is 10.1. The smallest absolute Gasteiger partial charge is 0.217 e. The molecule has 5 nitrogen and oxygen atoms in total. The Morgan fingerprint density at radius 3 is 2.53 bits per heavy atom. The lowest BCUT2D eigenvalue weighted by molar-refractivity contribution is -0.121. The molecule has 1 saturated heterocycles. The number of benzene rings is 2. The first kappa shape index (κ1) is 21.8. The Balaban J connectivity index is 1.76. The number of piperidine rings is 1. The summed E-state index contributed by atoms with van der Waals surface area (Å²) in [6.07, 6.45) is 3.19. The number of ether oxygens (including phenoxy) is 2. The van der Waals surface area contributed by atoms with Crippen molar-refractivity contribution in [2.75, 3.05) is 26.8 Å². The Morgan fingerprint density at radius 1 is 1.23 bits per heavy atom. The van der Waals surface area contributed by atoms with Crippen molar-refractivity contribution in [3.8, 4) is 11.5 Å². The van der Waals surface area contributed by atoms with Crippen LogP contribution in [0.3, 0.4) is 0 Å². The summed E-state index contributed by atoms with van der Waals surface area (Å²) >= 11 is 0. The highest BCUT2D eigenvalue weighted by molar-refractivity contribution is 5.74. The topological polar surface area (TPSA) is 50.8 Å². The third-order valence-electron chi connectivity index (χ3n) is 5.54. The summed E-state index contributed by atoms with van der Waals surface area (Å²) in [7, 11) is 1.63. The highest BCUT2D eigenvalue weighted by Crippen LogP contribution is 2.36. The third kappa shape index (κ3) is 5.00. The van der Waals surface area contributed by atoms with E-state index in [2.05, 4.69) is 16.8 Å². The van der Waals surface area contributed by atoms with E-state index in [0.29, 0.717) is 18.9 Å². The molecule has 1 heterocycles. The molecule has 0 atom stereocenters. The van der Waals surface area contributed by atoms with Crippen LogP contribution in [0.5, 0.6) is 11.5 Å². The average molecular weight is 413 g/mol. The molecule has 6 heteroatoms. The standard InChI is InChI=1S/C24H29FN2O3/c1-4-16-30-23-19(6-5-7-22(23)29-3)17-27-14-12-24(13-15-27,26-18(2)28)20-8-10-21(25)11-9-20/h4-11H,1,12-17H2,2-3H3,(H,26,28). The molecule has 0 bridgehead atoms. The lowest BCUT2D eigenvalue weighted by Crippen LogP contribution is -2.52. The Kier molecular flexibility index (Phi) is 7.11. The molecule has 30 heavy (non-hydrogen) atoms. The van der Waals surface area contributed by atoms with Gasteiger partial charge >= 0.3 is 0 Å². The van der Waals surface area contributed by atoms with Gasteiger partial charge in [-0.15, -0.1) is 0 Å². The number of hydrogen-bond acceptors (Lipinski definition) is 4. The van der Waals surface area contributed by atoms with E-state index in [0.717, 1.165) is 42.8 Å². The molecule has 1 N–H and O–H groups in total. The van der Waals surface area contributed by atoms with Gasteiger partial charge in [-0.1, -0.05) is 36.9 Å². The molecular weight excluding hydrogens is 383 g/mol. The van der Waals surface area contributed by atoms with E-state index in [1.54, 1.807) is 25.3 Å².